The number of thiophene rings is 1. The van der Waals surface area contributed by atoms with Gasteiger partial charge in [-0.2, -0.15) is 0 Å². The maximum Gasteiger partial charge on any atom is 0.164 e. The van der Waals surface area contributed by atoms with Gasteiger partial charge in [-0.15, -0.1) is 11.3 Å². The third-order valence-electron chi connectivity index (χ3n) is 10.3. The van der Waals surface area contributed by atoms with Crippen LogP contribution in [0.5, 0.6) is 0 Å². The SMILES string of the molecule is c1ccc(-c2ccc(-c3nc(-c4ccc5c(c4)sc4ccccc45)nc(-c4cc(-c5ccc6ccccc6c5)cc5oc6ccccc6c45)n3)cc2)cc1. The van der Waals surface area contributed by atoms with Crippen molar-refractivity contribution in [2.75, 3.05) is 0 Å². The molecule has 0 saturated carbocycles. The summed E-state index contributed by atoms with van der Waals surface area (Å²) in [5.74, 6) is 1.83. The van der Waals surface area contributed by atoms with Crippen molar-refractivity contribution in [3.8, 4) is 56.4 Å². The van der Waals surface area contributed by atoms with Gasteiger partial charge in [0.15, 0.2) is 17.5 Å². The number of para-hydroxylation sites is 1. The molecule has 3 heterocycles. The van der Waals surface area contributed by atoms with Gasteiger partial charge in [-0.05, 0) is 69.4 Å². The van der Waals surface area contributed by atoms with Crippen molar-refractivity contribution in [2.45, 2.75) is 0 Å². The zero-order valence-corrected chi connectivity index (χ0v) is 29.7. The fraction of sp³-hybridized carbons (Fsp3) is 0. The van der Waals surface area contributed by atoms with Crippen molar-refractivity contribution in [2.24, 2.45) is 0 Å². The third kappa shape index (κ3) is 5.17. The quantitative estimate of drug-likeness (QED) is 0.179. The first-order valence-electron chi connectivity index (χ1n) is 18.0. The number of benzene rings is 8. The van der Waals surface area contributed by atoms with Crippen LogP contribution in [-0.4, -0.2) is 15.0 Å². The molecule has 0 spiro atoms. The van der Waals surface area contributed by atoms with E-state index in [4.69, 9.17) is 19.4 Å². The molecule has 0 radical (unpaired) electrons. The molecule has 54 heavy (non-hydrogen) atoms. The summed E-state index contributed by atoms with van der Waals surface area (Å²) in [7, 11) is 0. The minimum Gasteiger partial charge on any atom is -0.456 e. The van der Waals surface area contributed by atoms with Gasteiger partial charge in [-0.1, -0.05) is 140 Å². The van der Waals surface area contributed by atoms with E-state index in [0.29, 0.717) is 17.5 Å². The van der Waals surface area contributed by atoms with Crippen molar-refractivity contribution >= 4 is 64.2 Å². The molecule has 3 aromatic heterocycles. The van der Waals surface area contributed by atoms with Gasteiger partial charge in [0, 0.05) is 47.6 Å². The second-order valence-electron chi connectivity index (χ2n) is 13.6. The highest BCUT2D eigenvalue weighted by Crippen LogP contribution is 2.41. The average Bonchev–Trinajstić information content (AvgIpc) is 3.81. The Kier molecular flexibility index (Phi) is 7.00. The van der Waals surface area contributed by atoms with Crippen molar-refractivity contribution < 1.29 is 4.42 Å². The number of aromatic nitrogens is 3. The van der Waals surface area contributed by atoms with Crippen LogP contribution in [0.1, 0.15) is 0 Å². The van der Waals surface area contributed by atoms with E-state index in [1.165, 1.54) is 30.9 Å². The summed E-state index contributed by atoms with van der Waals surface area (Å²) in [4.78, 5) is 15.7. The van der Waals surface area contributed by atoms with Gasteiger partial charge < -0.3 is 4.42 Å². The van der Waals surface area contributed by atoms with Crippen LogP contribution in [0.3, 0.4) is 0 Å². The minimum absolute atomic E-state index is 0.595. The molecule has 0 saturated heterocycles. The second kappa shape index (κ2) is 12.3. The standard InChI is InChI=1S/C49H29N3OS/c1-2-10-30(11-3-1)32-18-21-33(22-19-32)47-50-48(36-24-25-39-38-14-7-9-17-44(38)54-45(39)29-36)52-49(51-47)41-27-37(35-23-20-31-12-4-5-13-34(31)26-35)28-43-46(41)40-15-6-8-16-42(40)53-43/h1-29H. The molecule has 0 unspecified atom stereocenters. The van der Waals surface area contributed by atoms with Gasteiger partial charge in [0.1, 0.15) is 11.2 Å². The van der Waals surface area contributed by atoms with E-state index in [9.17, 15) is 0 Å². The highest BCUT2D eigenvalue weighted by atomic mass is 32.1. The molecule has 0 bridgehead atoms. The van der Waals surface area contributed by atoms with E-state index in [1.807, 2.05) is 18.2 Å². The van der Waals surface area contributed by atoms with Crippen LogP contribution in [0.15, 0.2) is 180 Å². The molecular weight excluding hydrogens is 679 g/mol. The van der Waals surface area contributed by atoms with Crippen molar-refractivity contribution in [1.82, 2.24) is 15.0 Å². The van der Waals surface area contributed by atoms with E-state index in [-0.39, 0.29) is 0 Å². The van der Waals surface area contributed by atoms with Crippen LogP contribution < -0.4 is 0 Å². The molecular formula is C49H29N3OS. The van der Waals surface area contributed by atoms with Gasteiger partial charge in [0.25, 0.3) is 0 Å². The Bertz CT molecular complexity index is 3220. The number of nitrogens with zero attached hydrogens (tertiary/aromatic N) is 3. The van der Waals surface area contributed by atoms with Crippen LogP contribution in [0, 0.1) is 0 Å². The summed E-state index contributed by atoms with van der Waals surface area (Å²) >= 11 is 1.79. The lowest BCUT2D eigenvalue weighted by Crippen LogP contribution is -2.00. The van der Waals surface area contributed by atoms with Crippen molar-refractivity contribution in [1.29, 1.82) is 0 Å². The van der Waals surface area contributed by atoms with Gasteiger partial charge in [-0.25, -0.2) is 15.0 Å². The first kappa shape index (κ1) is 30.7. The third-order valence-corrected chi connectivity index (χ3v) is 11.5. The average molecular weight is 708 g/mol. The summed E-state index contributed by atoms with van der Waals surface area (Å²) in [6, 6.07) is 61.6. The molecule has 11 aromatic rings. The topological polar surface area (TPSA) is 51.8 Å². The summed E-state index contributed by atoms with van der Waals surface area (Å²) in [6.07, 6.45) is 0. The predicted molar refractivity (Wildman–Crippen MR) is 225 cm³/mol. The highest BCUT2D eigenvalue weighted by Gasteiger charge is 2.20. The minimum atomic E-state index is 0.595. The predicted octanol–water partition coefficient (Wildman–Crippen LogP) is 13.6. The smallest absolute Gasteiger partial charge is 0.164 e. The van der Waals surface area contributed by atoms with Crippen molar-refractivity contribution in [3.05, 3.63) is 176 Å². The molecule has 252 valence electrons. The normalized spacial score (nSPS) is 11.7. The molecule has 0 aliphatic heterocycles. The van der Waals surface area contributed by atoms with E-state index >= 15 is 0 Å². The summed E-state index contributed by atoms with van der Waals surface area (Å²) in [5.41, 5.74) is 8.80. The molecule has 0 atom stereocenters. The molecule has 0 aliphatic rings. The number of fused-ring (bicyclic) bond motifs is 7. The van der Waals surface area contributed by atoms with Gasteiger partial charge in [0.2, 0.25) is 0 Å². The zero-order chi connectivity index (χ0) is 35.6. The lowest BCUT2D eigenvalue weighted by molar-refractivity contribution is 0.669. The molecule has 5 heteroatoms. The molecule has 0 aliphatic carbocycles. The Morgan fingerprint density at radius 2 is 0.981 bits per heavy atom. The molecule has 0 N–H and O–H groups in total. The summed E-state index contributed by atoms with van der Waals surface area (Å²) in [5, 5.41) is 6.89. The van der Waals surface area contributed by atoms with Gasteiger partial charge >= 0.3 is 0 Å². The first-order valence-corrected chi connectivity index (χ1v) is 18.8. The van der Waals surface area contributed by atoms with Gasteiger partial charge in [-0.3, -0.25) is 0 Å². The Morgan fingerprint density at radius 3 is 1.85 bits per heavy atom. The van der Waals surface area contributed by atoms with E-state index in [2.05, 4.69) is 158 Å². The fourth-order valence-electron chi connectivity index (χ4n) is 7.63. The first-order chi connectivity index (χ1) is 26.7. The Balaban J connectivity index is 1.15. The molecule has 11 rings (SSSR count). The number of hydrogen-bond donors (Lipinski definition) is 0. The Hall–Kier alpha value is -6.95. The van der Waals surface area contributed by atoms with Crippen LogP contribution in [0.2, 0.25) is 0 Å². The number of furan rings is 1. The lowest BCUT2D eigenvalue weighted by atomic mass is 9.96. The molecule has 8 aromatic carbocycles. The molecule has 0 fully saturated rings. The number of hydrogen-bond acceptors (Lipinski definition) is 5. The van der Waals surface area contributed by atoms with Crippen LogP contribution in [-0.2, 0) is 0 Å². The van der Waals surface area contributed by atoms with Crippen LogP contribution in [0.25, 0.3) is 109 Å². The lowest BCUT2D eigenvalue weighted by Gasteiger charge is -2.12. The maximum absolute atomic E-state index is 6.56. The van der Waals surface area contributed by atoms with Crippen LogP contribution in [0.4, 0.5) is 0 Å². The van der Waals surface area contributed by atoms with E-state index in [0.717, 1.165) is 60.9 Å². The maximum atomic E-state index is 6.56. The number of rotatable bonds is 5. The highest BCUT2D eigenvalue weighted by molar-refractivity contribution is 7.25. The van der Waals surface area contributed by atoms with E-state index < -0.39 is 0 Å². The second-order valence-corrected chi connectivity index (χ2v) is 14.7. The Labute approximate surface area is 314 Å². The van der Waals surface area contributed by atoms with E-state index in [1.54, 1.807) is 11.3 Å². The molecule has 4 nitrogen and oxygen atoms in total. The summed E-state index contributed by atoms with van der Waals surface area (Å²) < 4.78 is 9.02. The van der Waals surface area contributed by atoms with Crippen LogP contribution >= 0.6 is 11.3 Å². The summed E-state index contributed by atoms with van der Waals surface area (Å²) in [6.45, 7) is 0. The van der Waals surface area contributed by atoms with Gasteiger partial charge in [0.05, 0.1) is 0 Å². The monoisotopic (exact) mass is 707 g/mol. The zero-order valence-electron chi connectivity index (χ0n) is 28.9. The molecule has 0 amide bonds. The largest absolute Gasteiger partial charge is 0.456 e. The Morgan fingerprint density at radius 1 is 0.352 bits per heavy atom. The van der Waals surface area contributed by atoms with Crippen molar-refractivity contribution in [3.63, 3.8) is 0 Å². The fourth-order valence-corrected chi connectivity index (χ4v) is 8.77.